The average molecular weight is 275 g/mol. The number of rotatable bonds is 6. The van der Waals surface area contributed by atoms with Crippen molar-refractivity contribution in [3.8, 4) is 0 Å². The second kappa shape index (κ2) is 6.32. The molecular formula is C10H17N3O2S2. The van der Waals surface area contributed by atoms with Crippen molar-refractivity contribution in [3.05, 3.63) is 10.6 Å². The Morgan fingerprint density at radius 1 is 1.65 bits per heavy atom. The van der Waals surface area contributed by atoms with E-state index in [1.165, 1.54) is 0 Å². The number of thioether (sulfide) groups is 1. The van der Waals surface area contributed by atoms with E-state index in [0.717, 1.165) is 17.3 Å². The molecule has 5 nitrogen and oxygen atoms in total. The van der Waals surface area contributed by atoms with Crippen LogP contribution in [0, 0.1) is 6.92 Å². The molecule has 1 heterocycles. The molecule has 0 bridgehead atoms. The summed E-state index contributed by atoms with van der Waals surface area (Å²) in [7, 11) is 0. The van der Waals surface area contributed by atoms with Gasteiger partial charge >= 0.3 is 0 Å². The summed E-state index contributed by atoms with van der Waals surface area (Å²) in [6, 6.07) is 0. The third-order valence-corrected chi connectivity index (χ3v) is 3.77. The molecule has 0 saturated carbocycles. The van der Waals surface area contributed by atoms with E-state index in [0.29, 0.717) is 17.0 Å². The van der Waals surface area contributed by atoms with Crippen molar-refractivity contribution in [2.75, 3.05) is 18.6 Å². The Bertz CT molecular complexity index is 379. The lowest BCUT2D eigenvalue weighted by Crippen LogP contribution is -2.41. The van der Waals surface area contributed by atoms with E-state index in [1.54, 1.807) is 25.6 Å². The Hall–Kier alpha value is -0.660. The zero-order valence-corrected chi connectivity index (χ0v) is 11.8. The van der Waals surface area contributed by atoms with E-state index in [-0.39, 0.29) is 12.5 Å². The van der Waals surface area contributed by atoms with E-state index >= 15 is 0 Å². The van der Waals surface area contributed by atoms with Crippen molar-refractivity contribution in [3.63, 3.8) is 0 Å². The highest BCUT2D eigenvalue weighted by atomic mass is 32.2. The zero-order valence-electron chi connectivity index (χ0n) is 10.2. The SMILES string of the molecule is CSCC[C@@](C)(O)CNC(=O)c1snnc1C. The third kappa shape index (κ3) is 4.61. The van der Waals surface area contributed by atoms with Crippen molar-refractivity contribution in [2.24, 2.45) is 0 Å². The minimum absolute atomic E-state index is 0.220. The Morgan fingerprint density at radius 2 is 2.35 bits per heavy atom. The van der Waals surface area contributed by atoms with Gasteiger partial charge in [-0.15, -0.1) is 5.10 Å². The minimum Gasteiger partial charge on any atom is -0.388 e. The molecule has 0 unspecified atom stereocenters. The topological polar surface area (TPSA) is 75.1 Å². The number of hydrogen-bond acceptors (Lipinski definition) is 6. The summed E-state index contributed by atoms with van der Waals surface area (Å²) in [5.74, 6) is 0.645. The van der Waals surface area contributed by atoms with Crippen LogP contribution in [0.4, 0.5) is 0 Å². The lowest BCUT2D eigenvalue weighted by molar-refractivity contribution is 0.0529. The first-order valence-electron chi connectivity index (χ1n) is 5.25. The van der Waals surface area contributed by atoms with Crippen LogP contribution < -0.4 is 5.32 Å². The second-order valence-electron chi connectivity index (χ2n) is 4.11. The Morgan fingerprint density at radius 3 is 2.88 bits per heavy atom. The molecule has 0 aliphatic rings. The first-order valence-corrected chi connectivity index (χ1v) is 7.41. The van der Waals surface area contributed by atoms with Crippen LogP contribution in [0.2, 0.25) is 0 Å². The molecule has 0 aliphatic heterocycles. The second-order valence-corrected chi connectivity index (χ2v) is 5.85. The van der Waals surface area contributed by atoms with Crippen LogP contribution in [0.25, 0.3) is 0 Å². The molecule has 0 fully saturated rings. The van der Waals surface area contributed by atoms with Gasteiger partial charge in [0.15, 0.2) is 0 Å². The van der Waals surface area contributed by atoms with E-state index in [2.05, 4.69) is 14.9 Å². The standard InChI is InChI=1S/C10H17N3O2S2/c1-7-8(17-13-12-7)9(14)11-6-10(2,15)4-5-16-3/h15H,4-6H2,1-3H3,(H,11,14)/t10-/m1/s1. The monoisotopic (exact) mass is 275 g/mol. The largest absolute Gasteiger partial charge is 0.388 e. The molecule has 1 atom stereocenters. The molecular weight excluding hydrogens is 258 g/mol. The van der Waals surface area contributed by atoms with Gasteiger partial charge in [0.25, 0.3) is 5.91 Å². The maximum atomic E-state index is 11.8. The average Bonchev–Trinajstić information content (AvgIpc) is 2.70. The van der Waals surface area contributed by atoms with Crippen molar-refractivity contribution in [1.82, 2.24) is 14.9 Å². The highest BCUT2D eigenvalue weighted by Gasteiger charge is 2.22. The molecule has 96 valence electrons. The Labute approximate surface area is 109 Å². The lowest BCUT2D eigenvalue weighted by atomic mass is 10.0. The van der Waals surface area contributed by atoms with Crippen molar-refractivity contribution in [2.45, 2.75) is 25.9 Å². The third-order valence-electron chi connectivity index (χ3n) is 2.33. The number of aryl methyl sites for hydroxylation is 1. The minimum atomic E-state index is -0.870. The van der Waals surface area contributed by atoms with Gasteiger partial charge in [0.1, 0.15) is 4.88 Å². The lowest BCUT2D eigenvalue weighted by Gasteiger charge is -2.22. The van der Waals surface area contributed by atoms with Gasteiger partial charge in [-0.3, -0.25) is 4.79 Å². The molecule has 1 amide bonds. The van der Waals surface area contributed by atoms with E-state index < -0.39 is 5.60 Å². The van der Waals surface area contributed by atoms with Gasteiger partial charge < -0.3 is 10.4 Å². The van der Waals surface area contributed by atoms with Crippen molar-refractivity contribution < 1.29 is 9.90 Å². The number of aliphatic hydroxyl groups is 1. The van der Waals surface area contributed by atoms with E-state index in [9.17, 15) is 9.90 Å². The first kappa shape index (κ1) is 14.4. The summed E-state index contributed by atoms with van der Waals surface area (Å²) >= 11 is 2.74. The van der Waals surface area contributed by atoms with Gasteiger partial charge in [0.2, 0.25) is 0 Å². The highest BCUT2D eigenvalue weighted by molar-refractivity contribution is 7.98. The molecule has 17 heavy (non-hydrogen) atoms. The van der Waals surface area contributed by atoms with Crippen LogP contribution in [0.1, 0.15) is 28.7 Å². The predicted octanol–water partition coefficient (Wildman–Crippen LogP) is 1.08. The molecule has 0 spiro atoms. The zero-order chi connectivity index (χ0) is 12.9. The molecule has 2 N–H and O–H groups in total. The summed E-state index contributed by atoms with van der Waals surface area (Å²) in [4.78, 5) is 12.3. The maximum absolute atomic E-state index is 11.8. The van der Waals surface area contributed by atoms with Gasteiger partial charge in [0, 0.05) is 6.54 Å². The summed E-state index contributed by atoms with van der Waals surface area (Å²) in [5.41, 5.74) is -0.249. The number of nitrogens with one attached hydrogen (secondary N) is 1. The summed E-state index contributed by atoms with van der Waals surface area (Å²) in [5, 5.41) is 16.5. The highest BCUT2D eigenvalue weighted by Crippen LogP contribution is 2.13. The normalized spacial score (nSPS) is 14.4. The fraction of sp³-hybridized carbons (Fsp3) is 0.700. The smallest absolute Gasteiger partial charge is 0.265 e. The van der Waals surface area contributed by atoms with Crippen LogP contribution in [-0.2, 0) is 0 Å². The van der Waals surface area contributed by atoms with Gasteiger partial charge in [-0.1, -0.05) is 4.49 Å². The predicted molar refractivity (Wildman–Crippen MR) is 70.6 cm³/mol. The molecule has 0 saturated heterocycles. The van der Waals surface area contributed by atoms with Crippen molar-refractivity contribution >= 4 is 29.2 Å². The molecule has 1 aromatic rings. The Kier molecular flexibility index (Phi) is 5.35. The fourth-order valence-electron chi connectivity index (χ4n) is 1.20. The molecule has 0 aliphatic carbocycles. The molecule has 0 aromatic carbocycles. The maximum Gasteiger partial charge on any atom is 0.265 e. The number of amides is 1. The Balaban J connectivity index is 2.45. The van der Waals surface area contributed by atoms with Crippen LogP contribution in [0.15, 0.2) is 0 Å². The van der Waals surface area contributed by atoms with Crippen molar-refractivity contribution in [1.29, 1.82) is 0 Å². The summed E-state index contributed by atoms with van der Waals surface area (Å²) < 4.78 is 3.70. The van der Waals surface area contributed by atoms with Gasteiger partial charge in [-0.25, -0.2) is 0 Å². The quantitative estimate of drug-likeness (QED) is 0.812. The van der Waals surface area contributed by atoms with E-state index in [4.69, 9.17) is 0 Å². The number of hydrogen-bond donors (Lipinski definition) is 2. The fourth-order valence-corrected chi connectivity index (χ4v) is 2.42. The summed E-state index contributed by atoms with van der Waals surface area (Å²) in [6.45, 7) is 3.70. The van der Waals surface area contributed by atoms with Gasteiger partial charge in [-0.05, 0) is 43.8 Å². The summed E-state index contributed by atoms with van der Waals surface area (Å²) in [6.07, 6.45) is 2.63. The molecule has 1 rings (SSSR count). The molecule has 7 heteroatoms. The van der Waals surface area contributed by atoms with Crippen LogP contribution in [0.5, 0.6) is 0 Å². The molecule has 0 radical (unpaired) electrons. The van der Waals surface area contributed by atoms with Gasteiger partial charge in [0.05, 0.1) is 11.3 Å². The van der Waals surface area contributed by atoms with E-state index in [1.807, 2.05) is 6.26 Å². The van der Waals surface area contributed by atoms with Gasteiger partial charge in [-0.2, -0.15) is 11.8 Å². The number of nitrogens with zero attached hydrogens (tertiary/aromatic N) is 2. The first-order chi connectivity index (χ1) is 7.96. The van der Waals surface area contributed by atoms with Crippen LogP contribution in [0.3, 0.4) is 0 Å². The number of aromatic nitrogens is 2. The number of carbonyl (C=O) groups excluding carboxylic acids is 1. The van der Waals surface area contributed by atoms with Crippen LogP contribution in [-0.4, -0.2) is 44.8 Å². The number of carbonyl (C=O) groups is 1. The van der Waals surface area contributed by atoms with Crippen LogP contribution >= 0.6 is 23.3 Å². The molecule has 1 aromatic heterocycles.